The van der Waals surface area contributed by atoms with Crippen LogP contribution in [0.15, 0.2) is 77.5 Å². The minimum Gasteiger partial charge on any atom is -0.415 e. The Morgan fingerprint density at radius 3 is 1.51 bits per heavy atom. The summed E-state index contributed by atoms with van der Waals surface area (Å²) >= 11 is 11.9. The first-order chi connectivity index (χ1) is 33.5. The van der Waals surface area contributed by atoms with Gasteiger partial charge in [-0.2, -0.15) is 34.2 Å². The lowest BCUT2D eigenvalue weighted by molar-refractivity contribution is -0.0721. The highest BCUT2D eigenvalue weighted by Crippen LogP contribution is 2.31. The van der Waals surface area contributed by atoms with Crippen molar-refractivity contribution in [3.8, 4) is 11.5 Å². The van der Waals surface area contributed by atoms with Gasteiger partial charge >= 0.3 is 26.8 Å². The third-order valence-electron chi connectivity index (χ3n) is 12.1. The molecule has 4 aliphatic heterocycles. The average molecular weight is 1060 g/mol. The molecule has 2 aromatic carbocycles. The summed E-state index contributed by atoms with van der Waals surface area (Å²) < 4.78 is 128. The number of hydrogen-bond donors (Lipinski definition) is 1. The minimum absolute atomic E-state index is 0.113. The summed E-state index contributed by atoms with van der Waals surface area (Å²) in [4.78, 5) is 24.7. The van der Waals surface area contributed by atoms with Crippen molar-refractivity contribution in [3.63, 3.8) is 0 Å². The van der Waals surface area contributed by atoms with Crippen LogP contribution >= 0.6 is 23.2 Å². The van der Waals surface area contributed by atoms with Crippen molar-refractivity contribution in [2.24, 2.45) is 5.73 Å². The Balaban J connectivity index is 0.000000190. The average Bonchev–Trinajstić information content (AvgIpc) is 3.83. The molecule has 4 fully saturated rings. The molecule has 0 radical (unpaired) electrons. The van der Waals surface area contributed by atoms with Gasteiger partial charge in [0.15, 0.2) is 5.78 Å². The van der Waals surface area contributed by atoms with Crippen molar-refractivity contribution in [2.75, 3.05) is 93.9 Å². The van der Waals surface area contributed by atoms with Gasteiger partial charge in [-0.3, -0.25) is 33.2 Å². The molecule has 0 amide bonds. The maximum absolute atomic E-state index is 13.8. The summed E-state index contributed by atoms with van der Waals surface area (Å²) in [5.74, 6) is -2.53. The summed E-state index contributed by atoms with van der Waals surface area (Å²) in [5.41, 5.74) is 7.16. The van der Waals surface area contributed by atoms with Crippen molar-refractivity contribution in [2.45, 2.75) is 31.6 Å². The van der Waals surface area contributed by atoms with Gasteiger partial charge in [-0.25, -0.2) is 8.78 Å². The molecule has 0 spiro atoms. The van der Waals surface area contributed by atoms with Gasteiger partial charge in [0.05, 0.1) is 96.5 Å². The first-order valence-electron chi connectivity index (χ1n) is 21.9. The van der Waals surface area contributed by atoms with Crippen LogP contribution in [0.2, 0.25) is 10.0 Å². The van der Waals surface area contributed by atoms with E-state index in [2.05, 4.69) is 30.0 Å². The molecule has 0 atom stereocenters. The summed E-state index contributed by atoms with van der Waals surface area (Å²) in [6, 6.07) is 14.2. The van der Waals surface area contributed by atoms with Crippen molar-refractivity contribution in [1.29, 1.82) is 0 Å². The van der Waals surface area contributed by atoms with Gasteiger partial charge in [0, 0.05) is 70.3 Å². The number of benzene rings is 2. The van der Waals surface area contributed by atoms with E-state index < -0.39 is 44.4 Å². The van der Waals surface area contributed by atoms with E-state index in [4.69, 9.17) is 42.8 Å². The molecule has 19 nitrogen and oxygen atoms in total. The van der Waals surface area contributed by atoms with E-state index in [1.165, 1.54) is 57.4 Å². The predicted molar refractivity (Wildman–Crippen MR) is 249 cm³/mol. The number of pyridine rings is 2. The van der Waals surface area contributed by atoms with Crippen molar-refractivity contribution in [1.82, 2.24) is 38.6 Å². The largest absolute Gasteiger partial charge is 0.415 e. The number of nitrogens with two attached hydrogens (primary N) is 1. The molecule has 9 rings (SSSR count). The highest BCUT2D eigenvalue weighted by Gasteiger charge is 2.38. The summed E-state index contributed by atoms with van der Waals surface area (Å²) in [7, 11) is -8.02. The summed E-state index contributed by atoms with van der Waals surface area (Å²) in [6.07, 6.45) is -0.217. The number of carbonyl (C=O) groups excluding carboxylic acids is 1. The van der Waals surface area contributed by atoms with Crippen LogP contribution in [-0.2, 0) is 43.0 Å². The van der Waals surface area contributed by atoms with E-state index in [-0.39, 0.29) is 65.8 Å². The Hall–Kier alpha value is -4.93. The second-order valence-electron chi connectivity index (χ2n) is 16.4. The Morgan fingerprint density at radius 1 is 0.686 bits per heavy atom. The van der Waals surface area contributed by atoms with Gasteiger partial charge in [-0.15, -0.1) is 10.2 Å². The van der Waals surface area contributed by atoms with Crippen LogP contribution in [0.4, 0.5) is 28.9 Å². The normalized spacial score (nSPS) is 17.9. The first kappa shape index (κ1) is 51.4. The molecule has 27 heteroatoms. The monoisotopic (exact) mass is 1060 g/mol. The molecular weight excluding hydrogens is 1010 g/mol. The number of aromatic nitrogens is 4. The molecule has 5 aromatic rings. The van der Waals surface area contributed by atoms with Crippen LogP contribution < -0.4 is 14.3 Å². The topological polar surface area (TPSA) is 214 Å². The zero-order valence-electron chi connectivity index (χ0n) is 37.2. The molecule has 70 heavy (non-hydrogen) atoms. The number of anilines is 2. The number of ketones is 1. The van der Waals surface area contributed by atoms with E-state index in [1.807, 2.05) is 0 Å². The molecule has 0 unspecified atom stereocenters. The number of carbonyl (C=O) groups is 1. The van der Waals surface area contributed by atoms with Gasteiger partial charge in [0.25, 0.3) is 5.89 Å². The first-order valence-corrected chi connectivity index (χ1v) is 25.4. The van der Waals surface area contributed by atoms with Gasteiger partial charge in [-0.05, 0) is 60.7 Å². The standard InChI is InChI=1S/C22H22ClF3N6O4S.C21H25ClFN5O4S/c23-18-9-16(3-4-19(18)24)32(37(33,34)31-7-5-30(6-8-31)17-12-35-13-17)11-15-2-1-14(10-27-15)21-28-29-22(36-21)20(25)26;22-19-9-17(3-4-20(19)23)28(12-16-2-1-15(11-25-16)21(29)10-24)33(30,31)27-7-5-26(6-8-27)18-13-32-14-18/h1-4,9-10,17,20H,5-8,11-13H2;1-4,9,11,18H,5-8,10,12-14,24H2. The zero-order valence-corrected chi connectivity index (χ0v) is 40.3. The minimum atomic E-state index is -4.05. The number of Topliss-reactive ketones (excluding diaryl/α,β-unsaturated/α-hetero) is 1. The SMILES string of the molecule is NCC(=O)c1ccc(CN(c2ccc(F)c(Cl)c2)S(=O)(=O)N2CCN(C3COC3)CC2)nc1.O=S(=O)(N1CCN(C2COC2)CC1)N(Cc1ccc(-c2nnc(C(F)F)o2)cn1)c1ccc(F)c(Cl)c1. The molecule has 0 saturated carbocycles. The molecular formula is C43H47Cl2F4N11O8S2. The van der Waals surface area contributed by atoms with Crippen LogP contribution in [0.5, 0.6) is 0 Å². The number of nitrogens with zero attached hydrogens (tertiary/aromatic N) is 10. The molecule has 2 N–H and O–H groups in total. The number of hydrogen-bond acceptors (Lipinski definition) is 15. The van der Waals surface area contributed by atoms with Gasteiger partial charge in [0.1, 0.15) is 11.6 Å². The van der Waals surface area contributed by atoms with Crippen LogP contribution in [0, 0.1) is 11.6 Å². The Labute approximate surface area is 411 Å². The molecule has 4 aliphatic rings. The third-order valence-corrected chi connectivity index (χ3v) is 16.5. The van der Waals surface area contributed by atoms with Crippen molar-refractivity contribution in [3.05, 3.63) is 118 Å². The van der Waals surface area contributed by atoms with Crippen LogP contribution in [0.3, 0.4) is 0 Å². The Morgan fingerprint density at radius 2 is 1.16 bits per heavy atom. The lowest BCUT2D eigenvalue weighted by Crippen LogP contribution is -2.59. The smallest absolute Gasteiger partial charge is 0.314 e. The van der Waals surface area contributed by atoms with E-state index in [0.717, 1.165) is 20.7 Å². The highest BCUT2D eigenvalue weighted by atomic mass is 35.5. The van der Waals surface area contributed by atoms with Crippen molar-refractivity contribution < 1.29 is 53.1 Å². The zero-order chi connectivity index (χ0) is 49.7. The molecule has 4 saturated heterocycles. The van der Waals surface area contributed by atoms with Gasteiger partial charge in [-0.1, -0.05) is 23.2 Å². The number of ether oxygens (including phenoxy) is 2. The predicted octanol–water partition coefficient (Wildman–Crippen LogP) is 4.41. The number of rotatable bonds is 16. The van der Waals surface area contributed by atoms with Crippen molar-refractivity contribution >= 4 is 60.8 Å². The van der Waals surface area contributed by atoms with Crippen LogP contribution in [-0.4, -0.2) is 159 Å². The molecule has 3 aromatic heterocycles. The molecule has 0 bridgehead atoms. The van der Waals surface area contributed by atoms with Gasteiger partial charge < -0.3 is 19.6 Å². The van der Waals surface area contributed by atoms with E-state index in [0.29, 0.717) is 100 Å². The molecule has 7 heterocycles. The molecule has 0 aliphatic carbocycles. The fraction of sp³-hybridized carbons (Fsp3) is 0.419. The van der Waals surface area contributed by atoms with Gasteiger partial charge in [0.2, 0.25) is 5.89 Å². The quantitative estimate of drug-likeness (QED) is 0.107. The maximum atomic E-state index is 13.8. The van der Waals surface area contributed by atoms with E-state index in [9.17, 15) is 39.2 Å². The summed E-state index contributed by atoms with van der Waals surface area (Å²) in [6.45, 7) is 5.68. The Kier molecular flexibility index (Phi) is 16.3. The number of piperazine rings is 2. The highest BCUT2D eigenvalue weighted by molar-refractivity contribution is 7.90. The fourth-order valence-electron chi connectivity index (χ4n) is 7.82. The number of halogens is 6. The van der Waals surface area contributed by atoms with Crippen LogP contribution in [0.25, 0.3) is 11.5 Å². The van der Waals surface area contributed by atoms with E-state index in [1.54, 1.807) is 12.1 Å². The fourth-order valence-corrected chi connectivity index (χ4v) is 11.3. The second kappa shape index (κ2) is 22.2. The third kappa shape index (κ3) is 11.7. The molecule has 376 valence electrons. The summed E-state index contributed by atoms with van der Waals surface area (Å²) in [5, 5.41) is 6.47. The maximum Gasteiger partial charge on any atom is 0.314 e. The van der Waals surface area contributed by atoms with Crippen LogP contribution in [0.1, 0.15) is 34.1 Å². The lowest BCUT2D eigenvalue weighted by atomic mass is 10.2. The Bertz CT molecular complexity index is 2840. The van der Waals surface area contributed by atoms with E-state index >= 15 is 0 Å². The number of alkyl halides is 2. The lowest BCUT2D eigenvalue weighted by Gasteiger charge is -2.43. The second-order valence-corrected chi connectivity index (χ2v) is 20.9.